The number of hydrazine groups is 1. The fourth-order valence-electron chi connectivity index (χ4n) is 3.39. The Labute approximate surface area is 137 Å². The standard InChI is InChI=1S/C18H26FN3O/c1-11(2)10-12(3)14-8-6-7-9-15(14)22-13(4)16(18(20)23)17(19)21(22)5/h6-9,11-12,17H,10H2,1-5H3,(H2,20,23). The van der Waals surface area contributed by atoms with Crippen LogP contribution in [0.5, 0.6) is 0 Å². The van der Waals surface area contributed by atoms with Crippen LogP contribution in [0.1, 0.15) is 45.6 Å². The van der Waals surface area contributed by atoms with Gasteiger partial charge in [-0.1, -0.05) is 39.0 Å². The molecule has 4 nitrogen and oxygen atoms in total. The van der Waals surface area contributed by atoms with E-state index in [-0.39, 0.29) is 5.57 Å². The molecule has 1 aliphatic rings. The number of nitrogens with two attached hydrogens (primary N) is 1. The van der Waals surface area contributed by atoms with Gasteiger partial charge in [-0.3, -0.25) is 9.80 Å². The maximum Gasteiger partial charge on any atom is 0.250 e. The van der Waals surface area contributed by atoms with E-state index in [0.717, 1.165) is 17.7 Å². The third-order valence-corrected chi connectivity index (χ3v) is 4.38. The van der Waals surface area contributed by atoms with E-state index < -0.39 is 12.2 Å². The van der Waals surface area contributed by atoms with Crippen molar-refractivity contribution < 1.29 is 9.18 Å². The van der Waals surface area contributed by atoms with Gasteiger partial charge in [0.15, 0.2) is 0 Å². The van der Waals surface area contributed by atoms with Crippen molar-refractivity contribution in [2.24, 2.45) is 11.7 Å². The highest BCUT2D eigenvalue weighted by Crippen LogP contribution is 2.38. The summed E-state index contributed by atoms with van der Waals surface area (Å²) in [6.07, 6.45) is -0.472. The molecule has 0 spiro atoms. The van der Waals surface area contributed by atoms with E-state index in [0.29, 0.717) is 17.5 Å². The normalized spacial score (nSPS) is 20.5. The molecule has 126 valence electrons. The van der Waals surface area contributed by atoms with Crippen molar-refractivity contribution in [1.29, 1.82) is 0 Å². The van der Waals surface area contributed by atoms with E-state index in [2.05, 4.69) is 26.8 Å². The monoisotopic (exact) mass is 319 g/mol. The number of amides is 1. The summed E-state index contributed by atoms with van der Waals surface area (Å²) < 4.78 is 14.5. The summed E-state index contributed by atoms with van der Waals surface area (Å²) in [5.41, 5.74) is 7.98. The topological polar surface area (TPSA) is 49.6 Å². The molecule has 0 saturated carbocycles. The largest absolute Gasteiger partial charge is 0.366 e. The van der Waals surface area contributed by atoms with E-state index in [1.807, 2.05) is 18.2 Å². The SMILES string of the molecule is CC1=C(C(N)=O)C(F)N(C)N1c1ccccc1C(C)CC(C)C. The fourth-order valence-corrected chi connectivity index (χ4v) is 3.39. The first-order valence-corrected chi connectivity index (χ1v) is 8.02. The maximum absolute atomic E-state index is 14.5. The van der Waals surface area contributed by atoms with Crippen molar-refractivity contribution in [3.8, 4) is 0 Å². The maximum atomic E-state index is 14.5. The molecule has 1 aromatic carbocycles. The average Bonchev–Trinajstić information content (AvgIpc) is 2.68. The smallest absolute Gasteiger partial charge is 0.250 e. The van der Waals surface area contributed by atoms with Crippen molar-refractivity contribution >= 4 is 11.6 Å². The van der Waals surface area contributed by atoms with Gasteiger partial charge in [-0.15, -0.1) is 0 Å². The van der Waals surface area contributed by atoms with Gasteiger partial charge in [0.1, 0.15) is 0 Å². The minimum absolute atomic E-state index is 0.0267. The Morgan fingerprint density at radius 1 is 1.30 bits per heavy atom. The number of rotatable bonds is 5. The van der Waals surface area contributed by atoms with Crippen LogP contribution in [0, 0.1) is 5.92 Å². The van der Waals surface area contributed by atoms with Gasteiger partial charge in [0.2, 0.25) is 6.30 Å². The van der Waals surface area contributed by atoms with Crippen LogP contribution in [0.4, 0.5) is 10.1 Å². The molecule has 2 N–H and O–H groups in total. The summed E-state index contributed by atoms with van der Waals surface area (Å²) in [7, 11) is 1.63. The molecule has 1 aliphatic heterocycles. The molecular formula is C18H26FN3O. The van der Waals surface area contributed by atoms with Crippen molar-refractivity contribution in [2.45, 2.75) is 46.3 Å². The molecule has 2 atom stereocenters. The number of hydrogen-bond donors (Lipinski definition) is 1. The van der Waals surface area contributed by atoms with Gasteiger partial charge in [-0.05, 0) is 36.8 Å². The lowest BCUT2D eigenvalue weighted by atomic mass is 9.90. The zero-order valence-electron chi connectivity index (χ0n) is 14.5. The molecule has 1 heterocycles. The molecule has 0 saturated heterocycles. The van der Waals surface area contributed by atoms with Gasteiger partial charge in [-0.2, -0.15) is 5.01 Å². The number of hydrogen-bond acceptors (Lipinski definition) is 3. The number of carbonyl (C=O) groups excluding carboxylic acids is 1. The lowest BCUT2D eigenvalue weighted by molar-refractivity contribution is -0.115. The van der Waals surface area contributed by atoms with Crippen LogP contribution in [0.15, 0.2) is 35.5 Å². The lowest BCUT2D eigenvalue weighted by Gasteiger charge is -2.32. The zero-order valence-corrected chi connectivity index (χ0v) is 14.5. The number of anilines is 1. The summed E-state index contributed by atoms with van der Waals surface area (Å²) >= 11 is 0. The van der Waals surface area contributed by atoms with Crippen molar-refractivity contribution in [3.63, 3.8) is 0 Å². The number of allylic oxidation sites excluding steroid dienone is 1. The van der Waals surface area contributed by atoms with E-state index in [4.69, 9.17) is 5.73 Å². The van der Waals surface area contributed by atoms with Crippen LogP contribution in [0.3, 0.4) is 0 Å². The minimum Gasteiger partial charge on any atom is -0.366 e. The van der Waals surface area contributed by atoms with Crippen molar-refractivity contribution in [2.75, 3.05) is 12.1 Å². The van der Waals surface area contributed by atoms with Crippen LogP contribution in [-0.2, 0) is 4.79 Å². The zero-order chi connectivity index (χ0) is 17.3. The number of para-hydroxylation sites is 1. The van der Waals surface area contributed by atoms with Crippen LogP contribution < -0.4 is 10.7 Å². The molecule has 0 bridgehead atoms. The van der Waals surface area contributed by atoms with Gasteiger partial charge >= 0.3 is 0 Å². The number of alkyl halides is 1. The van der Waals surface area contributed by atoms with Crippen LogP contribution >= 0.6 is 0 Å². The van der Waals surface area contributed by atoms with Gasteiger partial charge in [0.05, 0.1) is 11.3 Å². The molecule has 1 aromatic rings. The van der Waals surface area contributed by atoms with Crippen LogP contribution in [-0.4, -0.2) is 24.3 Å². The quantitative estimate of drug-likeness (QED) is 0.844. The molecule has 0 aromatic heterocycles. The van der Waals surface area contributed by atoms with E-state index in [9.17, 15) is 9.18 Å². The number of nitrogens with zero attached hydrogens (tertiary/aromatic N) is 2. The second-order valence-electron chi connectivity index (χ2n) is 6.67. The fraction of sp³-hybridized carbons (Fsp3) is 0.500. The molecule has 1 amide bonds. The molecule has 23 heavy (non-hydrogen) atoms. The first-order chi connectivity index (χ1) is 10.8. The number of halogens is 1. The summed E-state index contributed by atoms with van der Waals surface area (Å²) in [6.45, 7) is 8.29. The molecule has 0 aliphatic carbocycles. The number of benzene rings is 1. The minimum atomic E-state index is -1.51. The highest BCUT2D eigenvalue weighted by atomic mass is 19.1. The van der Waals surface area contributed by atoms with Crippen LogP contribution in [0.2, 0.25) is 0 Å². The van der Waals surface area contributed by atoms with Crippen molar-refractivity contribution in [3.05, 3.63) is 41.1 Å². The molecular weight excluding hydrogens is 293 g/mol. The average molecular weight is 319 g/mol. The Morgan fingerprint density at radius 3 is 2.43 bits per heavy atom. The van der Waals surface area contributed by atoms with Gasteiger partial charge < -0.3 is 5.73 Å². The second-order valence-corrected chi connectivity index (χ2v) is 6.67. The molecule has 2 rings (SSSR count). The van der Waals surface area contributed by atoms with Gasteiger partial charge in [-0.25, -0.2) is 4.39 Å². The first-order valence-electron chi connectivity index (χ1n) is 8.02. The predicted molar refractivity (Wildman–Crippen MR) is 91.3 cm³/mol. The predicted octanol–water partition coefficient (Wildman–Crippen LogP) is 3.56. The Morgan fingerprint density at radius 2 is 1.91 bits per heavy atom. The highest BCUT2D eigenvalue weighted by molar-refractivity contribution is 5.95. The first kappa shape index (κ1) is 17.5. The summed E-state index contributed by atoms with van der Waals surface area (Å²) in [6, 6.07) is 7.95. The van der Waals surface area contributed by atoms with Gasteiger partial charge in [0.25, 0.3) is 5.91 Å². The molecule has 2 unspecified atom stereocenters. The summed E-state index contributed by atoms with van der Waals surface area (Å²) in [5, 5.41) is 3.19. The summed E-state index contributed by atoms with van der Waals surface area (Å²) in [4.78, 5) is 11.6. The van der Waals surface area contributed by atoms with Crippen LogP contribution in [0.25, 0.3) is 0 Å². The molecule has 0 radical (unpaired) electrons. The van der Waals surface area contributed by atoms with E-state index in [1.165, 1.54) is 5.01 Å². The number of carbonyl (C=O) groups is 1. The number of primary amides is 1. The number of likely N-dealkylation sites (N-methyl/N-ethyl adjacent to an activating group) is 1. The Hall–Kier alpha value is -1.88. The van der Waals surface area contributed by atoms with E-state index >= 15 is 0 Å². The Bertz CT molecular complexity index is 626. The molecule has 5 heteroatoms. The molecule has 0 fully saturated rings. The third kappa shape index (κ3) is 3.24. The van der Waals surface area contributed by atoms with E-state index in [1.54, 1.807) is 19.0 Å². The second kappa shape index (κ2) is 6.71. The summed E-state index contributed by atoms with van der Waals surface area (Å²) in [5.74, 6) is 0.196. The Balaban J connectivity index is 2.48. The Kier molecular flexibility index (Phi) is 5.09. The lowest BCUT2D eigenvalue weighted by Crippen LogP contribution is -2.38. The highest BCUT2D eigenvalue weighted by Gasteiger charge is 2.39. The van der Waals surface area contributed by atoms with Gasteiger partial charge in [0, 0.05) is 12.7 Å². The van der Waals surface area contributed by atoms with Crippen molar-refractivity contribution in [1.82, 2.24) is 5.01 Å². The third-order valence-electron chi connectivity index (χ3n) is 4.38.